The summed E-state index contributed by atoms with van der Waals surface area (Å²) in [4.78, 5) is 0. The van der Waals surface area contributed by atoms with Gasteiger partial charge in [-0.25, -0.2) is 0 Å². The maximum Gasteiger partial charge on any atom is 0.161 e. The zero-order chi connectivity index (χ0) is 12.8. The second kappa shape index (κ2) is 17.5. The van der Waals surface area contributed by atoms with Gasteiger partial charge in [-0.1, -0.05) is 75.5 Å². The average molecular weight is 313 g/mol. The van der Waals surface area contributed by atoms with Crippen LogP contribution in [0.15, 0.2) is 0 Å². The Labute approximate surface area is 127 Å². The van der Waals surface area contributed by atoms with Crippen LogP contribution in [-0.4, -0.2) is 10.9 Å². The van der Waals surface area contributed by atoms with Crippen LogP contribution in [0.3, 0.4) is 0 Å². The van der Waals surface area contributed by atoms with Crippen molar-refractivity contribution in [3.05, 3.63) is 0 Å². The third-order valence-electron chi connectivity index (χ3n) is 2.73. The maximum atomic E-state index is 7.05. The van der Waals surface area contributed by atoms with Gasteiger partial charge in [-0.15, -0.1) is 12.4 Å². The summed E-state index contributed by atoms with van der Waals surface area (Å²) in [6, 6.07) is 0. The third-order valence-corrected chi connectivity index (χ3v) is 4.87. The molecule has 0 aliphatic carbocycles. The van der Waals surface area contributed by atoms with Crippen LogP contribution >= 0.6 is 34.0 Å². The highest BCUT2D eigenvalue weighted by atomic mass is 35.5. The van der Waals surface area contributed by atoms with Gasteiger partial charge in [-0.3, -0.25) is 5.41 Å². The Kier molecular flexibility index (Phi) is 20.1. The highest BCUT2D eigenvalue weighted by Crippen LogP contribution is 2.22. The number of hydrogen-bond donors (Lipinski definition) is 2. The van der Waals surface area contributed by atoms with Crippen molar-refractivity contribution in [2.45, 2.75) is 71.1 Å². The Morgan fingerprint density at radius 2 is 1.33 bits per heavy atom. The normalized spacial score (nSPS) is 10.1. The largest absolute Gasteiger partial charge is 0.378 e. The summed E-state index contributed by atoms with van der Waals surface area (Å²) in [6.45, 7) is 2.27. The first-order valence-corrected chi connectivity index (χ1v) is 9.22. The van der Waals surface area contributed by atoms with Gasteiger partial charge in [-0.05, 0) is 17.2 Å². The van der Waals surface area contributed by atoms with E-state index in [4.69, 9.17) is 11.1 Å². The van der Waals surface area contributed by atoms with Crippen molar-refractivity contribution in [3.63, 3.8) is 0 Å². The van der Waals surface area contributed by atoms with Crippen LogP contribution in [0, 0.1) is 5.41 Å². The van der Waals surface area contributed by atoms with Gasteiger partial charge in [0.2, 0.25) is 0 Å². The minimum absolute atomic E-state index is 0. The molecular formula is C13H29ClN2S2. The molecule has 2 nitrogen and oxygen atoms in total. The fraction of sp³-hybridized carbons (Fsp3) is 0.923. The van der Waals surface area contributed by atoms with Crippen molar-refractivity contribution < 1.29 is 0 Å². The second-order valence-electron chi connectivity index (χ2n) is 4.45. The summed E-state index contributed by atoms with van der Waals surface area (Å²) < 4.78 is 0. The van der Waals surface area contributed by atoms with Gasteiger partial charge in [0, 0.05) is 5.75 Å². The van der Waals surface area contributed by atoms with Crippen LogP contribution in [-0.2, 0) is 0 Å². The van der Waals surface area contributed by atoms with E-state index in [-0.39, 0.29) is 17.6 Å². The van der Waals surface area contributed by atoms with Crippen molar-refractivity contribution in [1.29, 1.82) is 5.41 Å². The van der Waals surface area contributed by atoms with Crippen LogP contribution in [0.1, 0.15) is 71.1 Å². The minimum Gasteiger partial charge on any atom is -0.378 e. The zero-order valence-corrected chi connectivity index (χ0v) is 14.0. The number of amidine groups is 1. The van der Waals surface area contributed by atoms with Crippen LogP contribution in [0.5, 0.6) is 0 Å². The van der Waals surface area contributed by atoms with Gasteiger partial charge in [0.15, 0.2) is 5.17 Å². The molecule has 0 aromatic carbocycles. The highest BCUT2D eigenvalue weighted by molar-refractivity contribution is 8.82. The fourth-order valence-corrected chi connectivity index (χ4v) is 3.27. The number of halogens is 1. The monoisotopic (exact) mass is 312 g/mol. The van der Waals surface area contributed by atoms with E-state index < -0.39 is 0 Å². The molecule has 0 spiro atoms. The Bertz CT molecular complexity index is 180. The van der Waals surface area contributed by atoms with Gasteiger partial charge in [0.25, 0.3) is 0 Å². The highest BCUT2D eigenvalue weighted by Gasteiger charge is 1.94. The quantitative estimate of drug-likeness (QED) is 0.213. The number of rotatable bonds is 12. The van der Waals surface area contributed by atoms with E-state index in [1.54, 1.807) is 10.8 Å². The molecule has 0 bridgehead atoms. The Morgan fingerprint density at radius 1 is 0.889 bits per heavy atom. The van der Waals surface area contributed by atoms with E-state index in [0.717, 1.165) is 5.75 Å². The molecule has 5 heteroatoms. The third kappa shape index (κ3) is 18.8. The van der Waals surface area contributed by atoms with Crippen molar-refractivity contribution in [2.24, 2.45) is 5.73 Å². The van der Waals surface area contributed by atoms with Crippen LogP contribution in [0.25, 0.3) is 0 Å². The fourth-order valence-electron chi connectivity index (χ4n) is 1.75. The number of nitrogens with two attached hydrogens (primary N) is 1. The summed E-state index contributed by atoms with van der Waals surface area (Å²) in [5.41, 5.74) is 5.25. The molecule has 0 unspecified atom stereocenters. The average Bonchev–Trinajstić information content (AvgIpc) is 2.30. The van der Waals surface area contributed by atoms with E-state index in [0.29, 0.717) is 0 Å². The Balaban J connectivity index is 0. The molecule has 0 radical (unpaired) electrons. The molecule has 0 aromatic rings. The SMILES string of the molecule is CCCCCCCCCCCCSSC(=N)N.Cl. The number of unbranched alkanes of at least 4 members (excludes halogenated alkanes) is 9. The summed E-state index contributed by atoms with van der Waals surface area (Å²) in [7, 11) is 3.09. The van der Waals surface area contributed by atoms with E-state index in [9.17, 15) is 0 Å². The Morgan fingerprint density at radius 3 is 1.78 bits per heavy atom. The predicted octanol–water partition coefficient (Wildman–Crippen LogP) is 5.60. The van der Waals surface area contributed by atoms with Gasteiger partial charge in [0.05, 0.1) is 0 Å². The first-order chi connectivity index (χ1) is 8.27. The van der Waals surface area contributed by atoms with Gasteiger partial charge in [-0.2, -0.15) is 0 Å². The van der Waals surface area contributed by atoms with E-state index in [2.05, 4.69) is 6.92 Å². The number of hydrogen-bond acceptors (Lipinski definition) is 3. The van der Waals surface area contributed by atoms with Crippen molar-refractivity contribution in [3.8, 4) is 0 Å². The molecule has 0 saturated heterocycles. The molecular weight excluding hydrogens is 284 g/mol. The molecule has 0 saturated carbocycles. The molecule has 3 N–H and O–H groups in total. The zero-order valence-electron chi connectivity index (χ0n) is 11.6. The standard InChI is InChI=1S/C13H28N2S2.ClH/c1-2-3-4-5-6-7-8-9-10-11-12-16-17-13(14)15;/h2-12H2,1H3,(H3,14,15);1H. The van der Waals surface area contributed by atoms with E-state index >= 15 is 0 Å². The van der Waals surface area contributed by atoms with E-state index in [1.807, 2.05) is 0 Å². The van der Waals surface area contributed by atoms with Crippen molar-refractivity contribution in [2.75, 3.05) is 5.75 Å². The number of nitrogens with one attached hydrogen (secondary N) is 1. The van der Waals surface area contributed by atoms with Crippen molar-refractivity contribution >= 4 is 39.2 Å². The second-order valence-corrected chi connectivity index (χ2v) is 6.91. The molecule has 0 fully saturated rings. The van der Waals surface area contributed by atoms with Crippen LogP contribution < -0.4 is 5.73 Å². The summed E-state index contributed by atoms with van der Waals surface area (Å²) >= 11 is 0. The maximum absolute atomic E-state index is 7.05. The molecule has 0 amide bonds. The molecule has 0 heterocycles. The van der Waals surface area contributed by atoms with Crippen LogP contribution in [0.4, 0.5) is 0 Å². The summed E-state index contributed by atoms with van der Waals surface area (Å²) in [6.07, 6.45) is 13.8. The van der Waals surface area contributed by atoms with Gasteiger partial charge >= 0.3 is 0 Å². The molecule has 0 aliphatic rings. The molecule has 0 rings (SSSR count). The first kappa shape index (κ1) is 20.8. The topological polar surface area (TPSA) is 49.9 Å². The minimum atomic E-state index is 0. The summed E-state index contributed by atoms with van der Waals surface area (Å²) in [5.74, 6) is 1.13. The lowest BCUT2D eigenvalue weighted by Gasteiger charge is -2.02. The smallest absolute Gasteiger partial charge is 0.161 e. The Hall–Kier alpha value is 0.460. The molecule has 0 atom stereocenters. The molecule has 110 valence electrons. The molecule has 18 heavy (non-hydrogen) atoms. The first-order valence-electron chi connectivity index (χ1n) is 6.91. The van der Waals surface area contributed by atoms with Gasteiger partial charge < -0.3 is 5.73 Å². The van der Waals surface area contributed by atoms with Crippen molar-refractivity contribution in [1.82, 2.24) is 0 Å². The molecule has 0 aromatic heterocycles. The lowest BCUT2D eigenvalue weighted by atomic mass is 10.1. The van der Waals surface area contributed by atoms with E-state index in [1.165, 1.54) is 75.0 Å². The summed E-state index contributed by atoms with van der Waals surface area (Å²) in [5, 5.41) is 7.28. The van der Waals surface area contributed by atoms with Crippen LogP contribution in [0.2, 0.25) is 0 Å². The van der Waals surface area contributed by atoms with Gasteiger partial charge in [0.1, 0.15) is 0 Å². The lowest BCUT2D eigenvalue weighted by Crippen LogP contribution is -2.01. The lowest BCUT2D eigenvalue weighted by molar-refractivity contribution is 0.563. The predicted molar refractivity (Wildman–Crippen MR) is 91.1 cm³/mol. The molecule has 0 aliphatic heterocycles.